The molecular weight excluding hydrogens is 607 g/mol. The van der Waals surface area contributed by atoms with Crippen molar-refractivity contribution in [3.05, 3.63) is 87.8 Å². The van der Waals surface area contributed by atoms with Crippen molar-refractivity contribution in [3.63, 3.8) is 0 Å². The number of hydrogen-bond acceptors (Lipinski definition) is 9. The van der Waals surface area contributed by atoms with Crippen LogP contribution in [0, 0.1) is 18.3 Å². The predicted octanol–water partition coefficient (Wildman–Crippen LogP) is 6.78. The minimum atomic E-state index is -0.314. The summed E-state index contributed by atoms with van der Waals surface area (Å²) >= 11 is 13.2. The number of fused-ring (bicyclic) bond motifs is 1. The van der Waals surface area contributed by atoms with Gasteiger partial charge in [0.25, 0.3) is 0 Å². The van der Waals surface area contributed by atoms with E-state index in [9.17, 15) is 5.26 Å². The molecule has 0 radical (unpaired) electrons. The lowest BCUT2D eigenvalue weighted by molar-refractivity contribution is 0.0570. The average Bonchev–Trinajstić information content (AvgIpc) is 3.67. The number of nitrogens with zero attached hydrogens (tertiary/aromatic N) is 6. The van der Waals surface area contributed by atoms with Crippen LogP contribution in [0.4, 0.5) is 17.1 Å². The van der Waals surface area contributed by atoms with Gasteiger partial charge in [0.15, 0.2) is 0 Å². The van der Waals surface area contributed by atoms with Gasteiger partial charge >= 0.3 is 0 Å². The molecule has 45 heavy (non-hydrogen) atoms. The fraction of sp³-hybridized carbons (Fsp3) is 0.364. The van der Waals surface area contributed by atoms with E-state index in [1.165, 1.54) is 6.20 Å². The van der Waals surface area contributed by atoms with Gasteiger partial charge in [-0.25, -0.2) is 4.98 Å². The molecule has 0 saturated carbocycles. The number of halogens is 2. The molecule has 2 aliphatic heterocycles. The Balaban J connectivity index is 1.33. The normalized spacial score (nSPS) is 16.8. The number of aryl methyl sites for hydroxylation is 2. The number of rotatable bonds is 7. The highest BCUT2D eigenvalue weighted by molar-refractivity contribution is 6.36. The van der Waals surface area contributed by atoms with Crippen molar-refractivity contribution in [3.8, 4) is 6.07 Å². The molecule has 1 atom stereocenters. The first kappa shape index (κ1) is 31.0. The zero-order valence-electron chi connectivity index (χ0n) is 26.1. The SMILES string of the molecule is Cc1ccc(Nc2c(C#N)cnc3c(Cl)cc(N[C@H](C4=CN(C5CCN(C(C)(C)C)CC5)NN4)c4cn(C)cn4)cc23)cc1Cl. The van der Waals surface area contributed by atoms with Crippen molar-refractivity contribution in [2.45, 2.75) is 58.2 Å². The van der Waals surface area contributed by atoms with Gasteiger partial charge in [0, 0.05) is 72.1 Å². The van der Waals surface area contributed by atoms with Gasteiger partial charge in [0.05, 0.1) is 39.5 Å². The van der Waals surface area contributed by atoms with E-state index in [2.05, 4.69) is 74.5 Å². The Morgan fingerprint density at radius 2 is 1.82 bits per heavy atom. The molecule has 0 amide bonds. The standard InChI is InChI=1S/C33H38Cl2N10/c1-20-6-7-22(13-26(20)34)39-30-21(15-36)16-37-31-25(30)12-23(14-27(31)35)40-32(28-17-43(5)19-38-28)29-18-45(42-41-29)24-8-10-44(11-9-24)33(2,3)4/h6-7,12-14,16-19,24,32,40-42H,8-11H2,1-5H3,(H,37,39)/t32-/m0/s1. The number of benzene rings is 2. The zero-order valence-corrected chi connectivity index (χ0v) is 27.6. The van der Waals surface area contributed by atoms with Crippen LogP contribution < -0.4 is 21.6 Å². The number of piperidine rings is 1. The molecule has 0 bridgehead atoms. The molecule has 4 N–H and O–H groups in total. The molecule has 2 aromatic carbocycles. The summed E-state index contributed by atoms with van der Waals surface area (Å²) < 4.78 is 1.93. The van der Waals surface area contributed by atoms with Gasteiger partial charge in [-0.2, -0.15) is 5.26 Å². The Morgan fingerprint density at radius 3 is 2.49 bits per heavy atom. The van der Waals surface area contributed by atoms with Crippen molar-refractivity contribution in [1.82, 2.24) is 35.4 Å². The second-order valence-corrected chi connectivity index (χ2v) is 13.6. The van der Waals surface area contributed by atoms with Gasteiger partial charge in [-0.3, -0.25) is 14.9 Å². The fourth-order valence-corrected chi connectivity index (χ4v) is 6.39. The van der Waals surface area contributed by atoms with Gasteiger partial charge in [-0.05, 0) is 70.4 Å². The van der Waals surface area contributed by atoms with E-state index in [0.29, 0.717) is 38.2 Å². The van der Waals surface area contributed by atoms with Crippen LogP contribution in [0.2, 0.25) is 10.0 Å². The first-order valence-electron chi connectivity index (χ1n) is 15.1. The van der Waals surface area contributed by atoms with Crippen molar-refractivity contribution < 1.29 is 0 Å². The van der Waals surface area contributed by atoms with Crippen LogP contribution in [-0.4, -0.2) is 49.1 Å². The van der Waals surface area contributed by atoms with Crippen LogP contribution >= 0.6 is 23.2 Å². The highest BCUT2D eigenvalue weighted by Gasteiger charge is 2.32. The summed E-state index contributed by atoms with van der Waals surface area (Å²) in [4.78, 5) is 11.7. The topological polar surface area (TPSA) is 109 Å². The number of anilines is 3. The number of likely N-dealkylation sites (tertiary alicyclic amines) is 1. The molecule has 4 aromatic rings. The molecule has 1 fully saturated rings. The third-order valence-corrected chi connectivity index (χ3v) is 9.24. The highest BCUT2D eigenvalue weighted by Crippen LogP contribution is 2.37. The van der Waals surface area contributed by atoms with Crippen LogP contribution in [0.1, 0.15) is 56.5 Å². The Labute approximate surface area is 274 Å². The van der Waals surface area contributed by atoms with E-state index in [4.69, 9.17) is 23.2 Å². The lowest BCUT2D eigenvalue weighted by Crippen LogP contribution is -2.52. The Bertz CT molecular complexity index is 1790. The first-order valence-corrected chi connectivity index (χ1v) is 15.8. The zero-order chi connectivity index (χ0) is 31.9. The van der Waals surface area contributed by atoms with Crippen LogP contribution in [0.25, 0.3) is 10.9 Å². The average molecular weight is 646 g/mol. The Morgan fingerprint density at radius 1 is 1.07 bits per heavy atom. The molecule has 10 nitrogen and oxygen atoms in total. The Kier molecular flexibility index (Phi) is 8.55. The number of nitrogens with one attached hydrogen (secondary N) is 4. The number of nitriles is 1. The van der Waals surface area contributed by atoms with Crippen LogP contribution in [0.5, 0.6) is 0 Å². The molecule has 2 aromatic heterocycles. The second-order valence-electron chi connectivity index (χ2n) is 12.8. The molecule has 6 rings (SSSR count). The van der Waals surface area contributed by atoms with E-state index in [-0.39, 0.29) is 11.6 Å². The van der Waals surface area contributed by atoms with Crippen molar-refractivity contribution in [2.75, 3.05) is 23.7 Å². The van der Waals surface area contributed by atoms with E-state index in [0.717, 1.165) is 54.3 Å². The molecule has 12 heteroatoms. The monoisotopic (exact) mass is 644 g/mol. The molecule has 4 heterocycles. The summed E-state index contributed by atoms with van der Waals surface area (Å²) in [6.07, 6.45) is 9.59. The minimum Gasteiger partial charge on any atom is -0.371 e. The number of imidazole rings is 1. The van der Waals surface area contributed by atoms with E-state index in [1.807, 2.05) is 55.1 Å². The van der Waals surface area contributed by atoms with Crippen molar-refractivity contribution >= 4 is 51.2 Å². The maximum Gasteiger partial charge on any atom is 0.113 e. The smallest absolute Gasteiger partial charge is 0.113 e. The van der Waals surface area contributed by atoms with Gasteiger partial charge < -0.3 is 20.6 Å². The lowest BCUT2D eigenvalue weighted by Gasteiger charge is -2.42. The van der Waals surface area contributed by atoms with E-state index in [1.54, 1.807) is 6.33 Å². The number of aromatic nitrogens is 3. The fourth-order valence-electron chi connectivity index (χ4n) is 5.94. The van der Waals surface area contributed by atoms with E-state index >= 15 is 0 Å². The second kappa shape index (κ2) is 12.4. The summed E-state index contributed by atoms with van der Waals surface area (Å²) in [5.74, 6) is 0. The van der Waals surface area contributed by atoms with Crippen LogP contribution in [-0.2, 0) is 7.05 Å². The largest absolute Gasteiger partial charge is 0.371 e. The summed E-state index contributed by atoms with van der Waals surface area (Å²) in [5, 5.41) is 21.0. The van der Waals surface area contributed by atoms with E-state index < -0.39 is 0 Å². The molecule has 1 saturated heterocycles. The van der Waals surface area contributed by atoms with Crippen LogP contribution in [0.15, 0.2) is 60.9 Å². The lowest BCUT2D eigenvalue weighted by atomic mass is 9.98. The van der Waals surface area contributed by atoms with Crippen LogP contribution in [0.3, 0.4) is 0 Å². The first-order chi connectivity index (χ1) is 21.5. The molecule has 234 valence electrons. The predicted molar refractivity (Wildman–Crippen MR) is 181 cm³/mol. The molecule has 0 spiro atoms. The quantitative estimate of drug-likeness (QED) is 0.173. The maximum atomic E-state index is 9.97. The summed E-state index contributed by atoms with van der Waals surface area (Å²) in [6, 6.07) is 11.8. The third kappa shape index (κ3) is 6.53. The highest BCUT2D eigenvalue weighted by atomic mass is 35.5. The van der Waals surface area contributed by atoms with Crippen molar-refractivity contribution in [2.24, 2.45) is 7.05 Å². The third-order valence-electron chi connectivity index (χ3n) is 8.54. The molecule has 0 aliphatic carbocycles. The number of hydrogen-bond donors (Lipinski definition) is 4. The summed E-state index contributed by atoms with van der Waals surface area (Å²) in [5.41, 5.74) is 12.8. The molecule has 2 aliphatic rings. The van der Waals surface area contributed by atoms with Gasteiger partial charge in [-0.1, -0.05) is 29.3 Å². The van der Waals surface area contributed by atoms with Gasteiger partial charge in [0.2, 0.25) is 0 Å². The Hall–Kier alpha value is -4.01. The van der Waals surface area contributed by atoms with Crippen molar-refractivity contribution in [1.29, 1.82) is 5.26 Å². The van der Waals surface area contributed by atoms with Gasteiger partial charge in [-0.15, -0.1) is 5.53 Å². The number of hydrazine groups is 2. The summed E-state index contributed by atoms with van der Waals surface area (Å²) in [7, 11) is 1.95. The molecule has 0 unspecified atom stereocenters. The summed E-state index contributed by atoms with van der Waals surface area (Å²) in [6.45, 7) is 10.9. The number of pyridine rings is 1. The molecular formula is C33H38Cl2N10. The van der Waals surface area contributed by atoms with Gasteiger partial charge in [0.1, 0.15) is 12.1 Å². The maximum absolute atomic E-state index is 9.97. The minimum absolute atomic E-state index is 0.171.